The Morgan fingerprint density at radius 1 is 1.08 bits per heavy atom. The molecule has 0 spiro atoms. The number of nitrogens with zero attached hydrogens (tertiary/aromatic N) is 2. The lowest BCUT2D eigenvalue weighted by atomic mass is 10.2. The number of para-hydroxylation sites is 2. The number of carbonyl (C=O) groups is 1. The van der Waals surface area contributed by atoms with Gasteiger partial charge in [0.15, 0.2) is 11.5 Å². The predicted molar refractivity (Wildman–Crippen MR) is 92.7 cm³/mol. The third-order valence-corrected chi connectivity index (χ3v) is 3.41. The first-order chi connectivity index (χ1) is 11.7. The second-order valence-electron chi connectivity index (χ2n) is 5.30. The molecule has 2 aromatic carbocycles. The van der Waals surface area contributed by atoms with Gasteiger partial charge in [0.25, 0.3) is 5.91 Å². The van der Waals surface area contributed by atoms with Crippen molar-refractivity contribution in [3.63, 3.8) is 0 Å². The molecule has 1 amide bonds. The zero-order chi connectivity index (χ0) is 16.9. The molecular weight excluding hydrogens is 307 g/mol. The Labute approximate surface area is 138 Å². The van der Waals surface area contributed by atoms with E-state index in [1.54, 1.807) is 12.1 Å². The van der Waals surface area contributed by atoms with Crippen LogP contribution in [0.1, 0.15) is 23.8 Å². The second-order valence-corrected chi connectivity index (χ2v) is 5.30. The molecule has 0 bridgehead atoms. The Morgan fingerprint density at radius 3 is 2.54 bits per heavy atom. The van der Waals surface area contributed by atoms with Gasteiger partial charge in [-0.2, -0.15) is 0 Å². The lowest BCUT2D eigenvalue weighted by Crippen LogP contribution is -2.18. The zero-order valence-electron chi connectivity index (χ0n) is 13.2. The molecule has 3 aromatic rings. The van der Waals surface area contributed by atoms with Crippen LogP contribution in [0.4, 0.5) is 15.9 Å². The summed E-state index contributed by atoms with van der Waals surface area (Å²) in [6.07, 6.45) is 0.888. The summed E-state index contributed by atoms with van der Waals surface area (Å²) in [4.78, 5) is 21.5. The first-order valence-corrected chi connectivity index (χ1v) is 7.75. The van der Waals surface area contributed by atoms with Crippen LogP contribution in [-0.4, -0.2) is 22.4 Å². The van der Waals surface area contributed by atoms with E-state index in [0.29, 0.717) is 29.1 Å². The van der Waals surface area contributed by atoms with Crippen molar-refractivity contribution < 1.29 is 9.18 Å². The summed E-state index contributed by atoms with van der Waals surface area (Å²) in [6.45, 7) is 2.70. The number of nitrogens with one attached hydrogen (secondary N) is 2. The van der Waals surface area contributed by atoms with Crippen molar-refractivity contribution >= 4 is 28.4 Å². The van der Waals surface area contributed by atoms with Gasteiger partial charge in [0, 0.05) is 12.2 Å². The molecule has 3 rings (SSSR count). The molecule has 0 aliphatic rings. The van der Waals surface area contributed by atoms with Crippen LogP contribution in [0.2, 0.25) is 0 Å². The summed E-state index contributed by atoms with van der Waals surface area (Å²) in [5, 5.41) is 5.78. The monoisotopic (exact) mass is 324 g/mol. The summed E-state index contributed by atoms with van der Waals surface area (Å²) in [6, 6.07) is 13.1. The van der Waals surface area contributed by atoms with E-state index < -0.39 is 11.7 Å². The SMILES string of the molecule is CCCNc1nc2ccccc2nc1C(=O)Nc1cccc(F)c1. The number of hydrogen-bond donors (Lipinski definition) is 2. The first-order valence-electron chi connectivity index (χ1n) is 7.75. The average Bonchev–Trinajstić information content (AvgIpc) is 2.59. The smallest absolute Gasteiger partial charge is 0.278 e. The Kier molecular flexibility index (Phi) is 4.65. The lowest BCUT2D eigenvalue weighted by molar-refractivity contribution is 0.102. The van der Waals surface area contributed by atoms with E-state index in [1.165, 1.54) is 18.2 Å². The molecule has 0 unspecified atom stereocenters. The van der Waals surface area contributed by atoms with Crippen LogP contribution in [0, 0.1) is 5.82 Å². The van der Waals surface area contributed by atoms with Gasteiger partial charge in [0.2, 0.25) is 0 Å². The number of anilines is 2. The van der Waals surface area contributed by atoms with Crippen LogP contribution in [0.15, 0.2) is 48.5 Å². The van der Waals surface area contributed by atoms with Crippen molar-refractivity contribution in [2.75, 3.05) is 17.2 Å². The number of rotatable bonds is 5. The fourth-order valence-electron chi connectivity index (χ4n) is 2.28. The fourth-order valence-corrected chi connectivity index (χ4v) is 2.28. The fraction of sp³-hybridized carbons (Fsp3) is 0.167. The van der Waals surface area contributed by atoms with E-state index in [0.717, 1.165) is 6.42 Å². The normalized spacial score (nSPS) is 10.6. The van der Waals surface area contributed by atoms with Crippen molar-refractivity contribution in [3.8, 4) is 0 Å². The van der Waals surface area contributed by atoms with E-state index in [9.17, 15) is 9.18 Å². The highest BCUT2D eigenvalue weighted by atomic mass is 19.1. The van der Waals surface area contributed by atoms with Crippen molar-refractivity contribution in [2.24, 2.45) is 0 Å². The molecule has 0 aliphatic carbocycles. The Morgan fingerprint density at radius 2 is 1.83 bits per heavy atom. The second kappa shape index (κ2) is 7.04. The largest absolute Gasteiger partial charge is 0.368 e. The highest BCUT2D eigenvalue weighted by molar-refractivity contribution is 6.07. The number of amides is 1. The Hall–Kier alpha value is -3.02. The van der Waals surface area contributed by atoms with Gasteiger partial charge >= 0.3 is 0 Å². The molecule has 5 nitrogen and oxygen atoms in total. The number of aromatic nitrogens is 2. The minimum atomic E-state index is -0.433. The molecule has 0 radical (unpaired) electrons. The molecular formula is C18H17FN4O. The van der Waals surface area contributed by atoms with Gasteiger partial charge in [-0.1, -0.05) is 25.1 Å². The van der Waals surface area contributed by atoms with E-state index in [4.69, 9.17) is 0 Å². The molecule has 0 saturated heterocycles. The van der Waals surface area contributed by atoms with Gasteiger partial charge in [-0.3, -0.25) is 4.79 Å². The quantitative estimate of drug-likeness (QED) is 0.748. The van der Waals surface area contributed by atoms with Gasteiger partial charge in [-0.15, -0.1) is 0 Å². The molecule has 6 heteroatoms. The molecule has 2 N–H and O–H groups in total. The number of carbonyl (C=O) groups excluding carboxylic acids is 1. The van der Waals surface area contributed by atoms with Crippen LogP contribution < -0.4 is 10.6 Å². The van der Waals surface area contributed by atoms with Crippen molar-refractivity contribution in [2.45, 2.75) is 13.3 Å². The average molecular weight is 324 g/mol. The molecule has 24 heavy (non-hydrogen) atoms. The Bertz CT molecular complexity index is 882. The predicted octanol–water partition coefficient (Wildman–Crippen LogP) is 3.84. The minimum absolute atomic E-state index is 0.186. The number of fused-ring (bicyclic) bond motifs is 1. The van der Waals surface area contributed by atoms with Crippen LogP contribution in [0.5, 0.6) is 0 Å². The van der Waals surface area contributed by atoms with Gasteiger partial charge in [0.05, 0.1) is 11.0 Å². The zero-order valence-corrected chi connectivity index (χ0v) is 13.2. The van der Waals surface area contributed by atoms with E-state index in [-0.39, 0.29) is 5.69 Å². The lowest BCUT2D eigenvalue weighted by Gasteiger charge is -2.11. The minimum Gasteiger partial charge on any atom is -0.368 e. The number of benzene rings is 2. The van der Waals surface area contributed by atoms with E-state index in [1.807, 2.05) is 25.1 Å². The summed E-state index contributed by atoms with van der Waals surface area (Å²) >= 11 is 0. The molecule has 1 heterocycles. The van der Waals surface area contributed by atoms with Gasteiger partial charge in [-0.25, -0.2) is 14.4 Å². The van der Waals surface area contributed by atoms with Crippen molar-refractivity contribution in [1.82, 2.24) is 9.97 Å². The highest BCUT2D eigenvalue weighted by Crippen LogP contribution is 2.19. The van der Waals surface area contributed by atoms with Gasteiger partial charge < -0.3 is 10.6 Å². The molecule has 0 aliphatic heterocycles. The van der Waals surface area contributed by atoms with Crippen LogP contribution >= 0.6 is 0 Å². The van der Waals surface area contributed by atoms with Crippen LogP contribution in [0.25, 0.3) is 11.0 Å². The van der Waals surface area contributed by atoms with E-state index in [2.05, 4.69) is 20.6 Å². The molecule has 122 valence electrons. The van der Waals surface area contributed by atoms with Crippen molar-refractivity contribution in [1.29, 1.82) is 0 Å². The summed E-state index contributed by atoms with van der Waals surface area (Å²) in [5.41, 5.74) is 1.89. The third-order valence-electron chi connectivity index (χ3n) is 3.41. The highest BCUT2D eigenvalue weighted by Gasteiger charge is 2.16. The first kappa shape index (κ1) is 15.9. The Balaban J connectivity index is 1.97. The number of hydrogen-bond acceptors (Lipinski definition) is 4. The third kappa shape index (κ3) is 3.48. The standard InChI is InChI=1S/C18H17FN4O/c1-2-10-20-17-16(22-14-8-3-4-9-15(14)23-17)18(24)21-13-7-5-6-12(19)11-13/h3-9,11H,2,10H2,1H3,(H,20,23)(H,21,24). The van der Waals surface area contributed by atoms with Gasteiger partial charge in [-0.05, 0) is 36.8 Å². The van der Waals surface area contributed by atoms with Crippen LogP contribution in [0.3, 0.4) is 0 Å². The maximum absolute atomic E-state index is 13.3. The molecule has 0 fully saturated rings. The molecule has 0 atom stereocenters. The van der Waals surface area contributed by atoms with Crippen LogP contribution in [-0.2, 0) is 0 Å². The molecule has 1 aromatic heterocycles. The molecule has 0 saturated carbocycles. The topological polar surface area (TPSA) is 66.9 Å². The maximum Gasteiger partial charge on any atom is 0.278 e. The van der Waals surface area contributed by atoms with Crippen molar-refractivity contribution in [3.05, 3.63) is 60.0 Å². The number of halogens is 1. The van der Waals surface area contributed by atoms with E-state index >= 15 is 0 Å². The summed E-state index contributed by atoms with van der Waals surface area (Å²) in [7, 11) is 0. The summed E-state index contributed by atoms with van der Waals surface area (Å²) in [5.74, 6) is -0.427. The maximum atomic E-state index is 13.3. The summed E-state index contributed by atoms with van der Waals surface area (Å²) < 4.78 is 13.3. The van der Waals surface area contributed by atoms with Gasteiger partial charge in [0.1, 0.15) is 5.82 Å².